The highest BCUT2D eigenvalue weighted by molar-refractivity contribution is 7.89. The topological polar surface area (TPSA) is 109 Å². The minimum atomic E-state index is -3.85. The Hall–Kier alpha value is -2.68. The van der Waals surface area contributed by atoms with Gasteiger partial charge in [0.2, 0.25) is 20.9 Å². The molecule has 36 heavy (non-hydrogen) atoms. The summed E-state index contributed by atoms with van der Waals surface area (Å²) in [6.07, 6.45) is 2.19. The minimum Gasteiger partial charge on any atom is -0.367 e. The highest BCUT2D eigenvalue weighted by Gasteiger charge is 2.41. The number of alkyl halides is 2. The van der Waals surface area contributed by atoms with E-state index < -0.39 is 27.0 Å². The molecule has 2 fully saturated rings. The lowest BCUT2D eigenvalue weighted by molar-refractivity contribution is 0.150. The molecule has 0 spiro atoms. The van der Waals surface area contributed by atoms with Crippen molar-refractivity contribution >= 4 is 43.9 Å². The number of nitrogens with zero attached hydrogens (tertiary/aromatic N) is 6. The summed E-state index contributed by atoms with van der Waals surface area (Å²) < 4.78 is 59.9. The lowest BCUT2D eigenvalue weighted by Gasteiger charge is -2.38. The lowest BCUT2D eigenvalue weighted by atomic mass is 10.1. The zero-order chi connectivity index (χ0) is 25.4. The highest BCUT2D eigenvalue weighted by Crippen LogP contribution is 2.39. The molecule has 2 aliphatic rings. The molecule has 0 amide bonds. The molecule has 1 aliphatic carbocycles. The average molecular weight is 537 g/mol. The number of anilines is 1. The van der Waals surface area contributed by atoms with Gasteiger partial charge in [0.25, 0.3) is 6.43 Å². The molecule has 2 atom stereocenters. The van der Waals surface area contributed by atoms with Crippen LogP contribution in [0.1, 0.15) is 45.0 Å². The summed E-state index contributed by atoms with van der Waals surface area (Å²) in [5.74, 6) is 0.441. The smallest absolute Gasteiger partial charge is 0.291 e. The number of nitrogens with one attached hydrogen (secondary N) is 2. The zero-order valence-electron chi connectivity index (χ0n) is 19.9. The van der Waals surface area contributed by atoms with E-state index in [2.05, 4.69) is 44.0 Å². The van der Waals surface area contributed by atoms with Crippen molar-refractivity contribution in [3.05, 3.63) is 29.5 Å². The molecule has 192 valence electrons. The first-order valence-corrected chi connectivity index (χ1v) is 14.0. The molecular weight excluding hydrogens is 510 g/mol. The first kappa shape index (κ1) is 23.7. The summed E-state index contributed by atoms with van der Waals surface area (Å²) >= 11 is 0.756. The number of halogens is 2. The van der Waals surface area contributed by atoms with E-state index in [4.69, 9.17) is 0 Å². The second-order valence-electron chi connectivity index (χ2n) is 10.0. The zero-order valence-corrected chi connectivity index (χ0v) is 21.6. The van der Waals surface area contributed by atoms with Crippen LogP contribution in [0.2, 0.25) is 0 Å². The Kier molecular flexibility index (Phi) is 5.37. The third kappa shape index (κ3) is 3.96. The molecule has 1 aromatic carbocycles. The number of benzene rings is 1. The van der Waals surface area contributed by atoms with Crippen LogP contribution in [0, 0.1) is 0 Å². The van der Waals surface area contributed by atoms with Crippen LogP contribution < -0.4 is 14.9 Å². The number of aromatic nitrogens is 5. The second-order valence-corrected chi connectivity index (χ2v) is 12.7. The summed E-state index contributed by atoms with van der Waals surface area (Å²) in [7, 11) is -3.85. The van der Waals surface area contributed by atoms with Gasteiger partial charge in [-0.3, -0.25) is 8.97 Å². The van der Waals surface area contributed by atoms with Gasteiger partial charge in [-0.1, -0.05) is 11.3 Å². The molecule has 0 unspecified atom stereocenters. The number of piperazine rings is 1. The Bertz CT molecular complexity index is 1560. The van der Waals surface area contributed by atoms with E-state index in [1.54, 1.807) is 29.1 Å². The van der Waals surface area contributed by atoms with Gasteiger partial charge >= 0.3 is 0 Å². The van der Waals surface area contributed by atoms with Crippen molar-refractivity contribution in [2.75, 3.05) is 18.0 Å². The fraction of sp³-hybridized carbons (Fsp3) is 0.500. The Labute approximate surface area is 210 Å². The minimum absolute atomic E-state index is 0.109. The summed E-state index contributed by atoms with van der Waals surface area (Å²) in [6.45, 7) is 7.39. The van der Waals surface area contributed by atoms with Crippen molar-refractivity contribution in [3.63, 3.8) is 0 Å². The Balaban J connectivity index is 1.63. The van der Waals surface area contributed by atoms with Gasteiger partial charge in [-0.25, -0.2) is 26.9 Å². The Morgan fingerprint density at radius 2 is 1.92 bits per heavy atom. The molecule has 14 heteroatoms. The Morgan fingerprint density at radius 3 is 2.56 bits per heavy atom. The van der Waals surface area contributed by atoms with E-state index in [9.17, 15) is 17.2 Å². The van der Waals surface area contributed by atoms with Crippen molar-refractivity contribution in [2.24, 2.45) is 0 Å². The molecule has 10 nitrogen and oxygen atoms in total. The summed E-state index contributed by atoms with van der Waals surface area (Å²) in [5.41, 5.74) is 1.52. The van der Waals surface area contributed by atoms with Crippen LogP contribution in [0.4, 0.5) is 14.5 Å². The van der Waals surface area contributed by atoms with Crippen molar-refractivity contribution < 1.29 is 17.2 Å². The van der Waals surface area contributed by atoms with E-state index in [1.165, 1.54) is 0 Å². The quantitative estimate of drug-likeness (QED) is 0.390. The van der Waals surface area contributed by atoms with Crippen LogP contribution in [0.25, 0.3) is 21.9 Å². The van der Waals surface area contributed by atoms with Crippen molar-refractivity contribution in [2.45, 2.75) is 62.6 Å². The Morgan fingerprint density at radius 1 is 1.19 bits per heavy atom. The van der Waals surface area contributed by atoms with Gasteiger partial charge in [0, 0.05) is 43.1 Å². The summed E-state index contributed by atoms with van der Waals surface area (Å²) in [6, 6.07) is 3.64. The van der Waals surface area contributed by atoms with Crippen LogP contribution in [0.15, 0.2) is 29.4 Å². The number of sulfonamides is 1. The maximum atomic E-state index is 13.5. The number of imidazole rings is 2. The predicted molar refractivity (Wildman–Crippen MR) is 133 cm³/mol. The van der Waals surface area contributed by atoms with Crippen molar-refractivity contribution in [3.8, 4) is 5.13 Å². The number of hydrogen-bond donors (Lipinski definition) is 2. The lowest BCUT2D eigenvalue weighted by Crippen LogP contribution is -2.54. The molecule has 1 saturated carbocycles. The monoisotopic (exact) mass is 536 g/mol. The number of hydrogen-bond acceptors (Lipinski definition) is 8. The third-order valence-corrected chi connectivity index (χ3v) is 9.28. The average Bonchev–Trinajstić information content (AvgIpc) is 3.18. The van der Waals surface area contributed by atoms with E-state index in [0.29, 0.717) is 24.4 Å². The van der Waals surface area contributed by atoms with Gasteiger partial charge in [-0.05, 0) is 45.7 Å². The summed E-state index contributed by atoms with van der Waals surface area (Å²) in [5, 5.41) is 10.9. The fourth-order valence-corrected chi connectivity index (χ4v) is 7.14. The predicted octanol–water partition coefficient (Wildman–Crippen LogP) is 3.08. The first-order valence-electron chi connectivity index (χ1n) is 11.7. The van der Waals surface area contributed by atoms with Gasteiger partial charge in [-0.15, -0.1) is 10.2 Å². The van der Waals surface area contributed by atoms with Crippen LogP contribution in [-0.4, -0.2) is 63.3 Å². The van der Waals surface area contributed by atoms with Crippen LogP contribution in [0.3, 0.4) is 0 Å². The molecule has 2 N–H and O–H groups in total. The summed E-state index contributed by atoms with van der Waals surface area (Å²) in [4.78, 5) is 6.72. The molecule has 3 aromatic heterocycles. The molecule has 0 bridgehead atoms. The van der Waals surface area contributed by atoms with Crippen molar-refractivity contribution in [1.82, 2.24) is 34.2 Å². The highest BCUT2D eigenvalue weighted by atomic mass is 32.2. The van der Waals surface area contributed by atoms with Gasteiger partial charge in [-0.2, -0.15) is 0 Å². The molecule has 1 saturated heterocycles. The SMILES string of the molecule is C[C@H]1CN(c2cc(S(=O)(=O)NC3(C)CC3)cc3c2n2ccnc2n3-c2nnc(C(F)F)s2)C[C@H](C)N1. The molecule has 0 radical (unpaired) electrons. The van der Waals surface area contributed by atoms with Gasteiger partial charge < -0.3 is 10.2 Å². The number of fused-ring (bicyclic) bond motifs is 3. The van der Waals surface area contributed by atoms with Gasteiger partial charge in [0.1, 0.15) is 0 Å². The normalized spacial score (nSPS) is 22.2. The molecule has 4 heterocycles. The van der Waals surface area contributed by atoms with Crippen LogP contribution in [-0.2, 0) is 10.0 Å². The number of rotatable bonds is 6. The molecule has 6 rings (SSSR count). The van der Waals surface area contributed by atoms with E-state index in [-0.39, 0.29) is 22.1 Å². The van der Waals surface area contributed by atoms with Gasteiger partial charge in [0.05, 0.1) is 21.6 Å². The maximum absolute atomic E-state index is 13.5. The fourth-order valence-electron chi connectivity index (χ4n) is 4.93. The maximum Gasteiger partial charge on any atom is 0.291 e. The third-order valence-electron chi connectivity index (χ3n) is 6.74. The standard InChI is InChI=1S/C22H26F2N8O2S2/c1-12-10-30(11-13(2)26-12)15-8-14(36(33,34)29-22(3)4-5-22)9-16-17(15)31-7-6-25-20(31)32(16)21-28-27-19(35-21)18(23)24/h6-9,12-13,18,26,29H,4-5,10-11H2,1-3H3/t12-,13-/m0/s1. The second kappa shape index (κ2) is 8.16. The van der Waals surface area contributed by atoms with Gasteiger partial charge in [0.15, 0.2) is 5.01 Å². The van der Waals surface area contributed by atoms with Crippen LogP contribution in [0.5, 0.6) is 0 Å². The first-order chi connectivity index (χ1) is 17.0. The van der Waals surface area contributed by atoms with Crippen molar-refractivity contribution in [1.29, 1.82) is 0 Å². The van der Waals surface area contributed by atoms with E-state index in [1.807, 2.05) is 11.3 Å². The molecular formula is C22H26F2N8O2S2. The van der Waals surface area contributed by atoms with E-state index >= 15 is 0 Å². The molecule has 4 aromatic rings. The molecule has 1 aliphatic heterocycles. The largest absolute Gasteiger partial charge is 0.367 e. The van der Waals surface area contributed by atoms with E-state index in [0.717, 1.165) is 35.4 Å². The van der Waals surface area contributed by atoms with Crippen LogP contribution >= 0.6 is 11.3 Å².